The van der Waals surface area contributed by atoms with Crippen LogP contribution in [0.3, 0.4) is 0 Å². The van der Waals surface area contributed by atoms with Crippen molar-refractivity contribution in [1.29, 1.82) is 0 Å². The Kier molecular flexibility index (Phi) is 7.39. The fraction of sp³-hybridized carbons (Fsp3) is 0.167. The maximum Gasteiger partial charge on any atom is 0.269 e. The van der Waals surface area contributed by atoms with Crippen molar-refractivity contribution in [2.45, 2.75) is 4.90 Å². The quantitative estimate of drug-likeness (QED) is 0.191. The van der Waals surface area contributed by atoms with E-state index in [2.05, 4.69) is 5.10 Å². The molecule has 5 rings (SSSR count). The molecule has 0 radical (unpaired) electrons. The fourth-order valence-electron chi connectivity index (χ4n) is 3.65. The highest BCUT2D eigenvalue weighted by molar-refractivity contribution is 7.89. The van der Waals surface area contributed by atoms with Crippen molar-refractivity contribution in [3.8, 4) is 11.3 Å². The highest BCUT2D eigenvalue weighted by atomic mass is 32.2. The van der Waals surface area contributed by atoms with E-state index < -0.39 is 14.9 Å². The molecule has 37 heavy (non-hydrogen) atoms. The lowest BCUT2D eigenvalue weighted by Gasteiger charge is -2.26. The Hall–Kier alpha value is -3.49. The molecule has 13 heteroatoms. The zero-order valence-electron chi connectivity index (χ0n) is 19.3. The number of rotatable bonds is 7. The summed E-state index contributed by atoms with van der Waals surface area (Å²) in [6.07, 6.45) is 1.72. The number of sulfonamides is 1. The summed E-state index contributed by atoms with van der Waals surface area (Å²) in [5, 5.41) is 21.5. The Morgan fingerprint density at radius 2 is 1.73 bits per heavy atom. The minimum Gasteiger partial charge on any atom is -0.379 e. The third-order valence-electron chi connectivity index (χ3n) is 5.59. The lowest BCUT2D eigenvalue weighted by Crippen LogP contribution is -2.40. The Bertz CT molecular complexity index is 1580. The van der Waals surface area contributed by atoms with Gasteiger partial charge in [-0.05, 0) is 53.2 Å². The molecule has 0 N–H and O–H groups in total. The third-order valence-corrected chi connectivity index (χ3v) is 9.02. The van der Waals surface area contributed by atoms with Crippen LogP contribution in [0.25, 0.3) is 11.3 Å². The van der Waals surface area contributed by atoms with E-state index in [1.807, 2.05) is 22.2 Å². The first-order valence-corrected chi connectivity index (χ1v) is 14.4. The van der Waals surface area contributed by atoms with Crippen LogP contribution in [0.15, 0.2) is 85.7 Å². The number of hydrogen-bond acceptors (Lipinski definition) is 9. The van der Waals surface area contributed by atoms with Crippen molar-refractivity contribution < 1.29 is 18.1 Å². The minimum absolute atomic E-state index is 0.00402. The molecule has 1 aliphatic heterocycles. The molecule has 1 aliphatic rings. The van der Waals surface area contributed by atoms with Gasteiger partial charge in [-0.1, -0.05) is 0 Å². The molecule has 0 atom stereocenters. The predicted octanol–water partition coefficient (Wildman–Crippen LogP) is 4.32. The molecule has 0 spiro atoms. The number of benzene rings is 2. The summed E-state index contributed by atoms with van der Waals surface area (Å²) in [6.45, 7) is 1.43. The predicted molar refractivity (Wildman–Crippen MR) is 143 cm³/mol. The van der Waals surface area contributed by atoms with E-state index in [4.69, 9.17) is 9.73 Å². The first-order chi connectivity index (χ1) is 17.9. The third kappa shape index (κ3) is 5.60. The summed E-state index contributed by atoms with van der Waals surface area (Å²) in [4.78, 5) is 16.1. The Morgan fingerprint density at radius 1 is 1.00 bits per heavy atom. The highest BCUT2D eigenvalue weighted by Gasteiger charge is 2.26. The number of hydrogen-bond donors (Lipinski definition) is 0. The van der Waals surface area contributed by atoms with Gasteiger partial charge in [0.2, 0.25) is 14.8 Å². The van der Waals surface area contributed by atoms with Crippen molar-refractivity contribution in [2.75, 3.05) is 26.3 Å². The Morgan fingerprint density at radius 3 is 2.38 bits per heavy atom. The van der Waals surface area contributed by atoms with Gasteiger partial charge >= 0.3 is 0 Å². The molecular weight excluding hydrogens is 534 g/mol. The Balaban J connectivity index is 1.50. The van der Waals surface area contributed by atoms with E-state index >= 15 is 0 Å². The normalized spacial score (nSPS) is 15.4. The largest absolute Gasteiger partial charge is 0.379 e. The van der Waals surface area contributed by atoms with Crippen LogP contribution in [0.2, 0.25) is 0 Å². The van der Waals surface area contributed by atoms with Gasteiger partial charge in [0.05, 0.1) is 40.6 Å². The lowest BCUT2D eigenvalue weighted by molar-refractivity contribution is -0.384. The van der Waals surface area contributed by atoms with E-state index in [9.17, 15) is 18.5 Å². The first-order valence-electron chi connectivity index (χ1n) is 11.2. The second kappa shape index (κ2) is 10.9. The van der Waals surface area contributed by atoms with Crippen LogP contribution >= 0.6 is 22.7 Å². The van der Waals surface area contributed by atoms with Crippen LogP contribution < -0.4 is 4.80 Å². The first kappa shape index (κ1) is 25.2. The number of thiophene rings is 1. The van der Waals surface area contributed by atoms with Crippen molar-refractivity contribution in [1.82, 2.24) is 8.98 Å². The molecule has 2 aromatic heterocycles. The number of nitro groups is 1. The summed E-state index contributed by atoms with van der Waals surface area (Å²) in [7, 11) is -3.60. The smallest absolute Gasteiger partial charge is 0.269 e. The van der Waals surface area contributed by atoms with Crippen molar-refractivity contribution in [3.05, 3.63) is 91.2 Å². The zero-order valence-corrected chi connectivity index (χ0v) is 21.8. The van der Waals surface area contributed by atoms with Gasteiger partial charge in [0.25, 0.3) is 5.69 Å². The molecule has 1 saturated heterocycles. The molecule has 0 saturated carbocycles. The molecule has 3 heterocycles. The van der Waals surface area contributed by atoms with Gasteiger partial charge in [-0.3, -0.25) is 10.1 Å². The number of nitrogens with zero attached hydrogens (tertiary/aromatic N) is 5. The second-order valence-electron chi connectivity index (χ2n) is 7.94. The summed E-state index contributed by atoms with van der Waals surface area (Å²) < 4.78 is 34.2. The summed E-state index contributed by atoms with van der Waals surface area (Å²) in [6, 6.07) is 14.6. The fourth-order valence-corrected chi connectivity index (χ4v) is 6.53. The summed E-state index contributed by atoms with van der Waals surface area (Å²) in [5.74, 6) is 0. The highest BCUT2D eigenvalue weighted by Crippen LogP contribution is 2.25. The van der Waals surface area contributed by atoms with Crippen LogP contribution in [0.4, 0.5) is 11.4 Å². The SMILES string of the molecule is O=[N+]([O-])c1ccc(-c2csc(=Nc3ccc(S(=O)(=O)N4CCOCC4)cc3)n2N=Cc2ccsc2)cc1. The van der Waals surface area contributed by atoms with Gasteiger partial charge in [0.1, 0.15) is 0 Å². The molecule has 10 nitrogen and oxygen atoms in total. The van der Waals surface area contributed by atoms with Gasteiger partial charge in [-0.25, -0.2) is 18.1 Å². The van der Waals surface area contributed by atoms with Crippen molar-refractivity contribution in [2.24, 2.45) is 10.1 Å². The van der Waals surface area contributed by atoms with Crippen LogP contribution in [0.1, 0.15) is 5.56 Å². The van der Waals surface area contributed by atoms with Crippen molar-refractivity contribution >= 4 is 50.3 Å². The summed E-state index contributed by atoms with van der Waals surface area (Å²) in [5.41, 5.74) is 2.97. The molecule has 0 aliphatic carbocycles. The molecular formula is C24H21N5O5S3. The van der Waals surface area contributed by atoms with Crippen LogP contribution in [-0.4, -0.2) is 54.8 Å². The molecule has 0 bridgehead atoms. The van der Waals surface area contributed by atoms with Crippen LogP contribution in [-0.2, 0) is 14.8 Å². The van der Waals surface area contributed by atoms with Gasteiger partial charge in [0.15, 0.2) is 0 Å². The number of ether oxygens (including phenoxy) is 1. The van der Waals surface area contributed by atoms with Crippen molar-refractivity contribution in [3.63, 3.8) is 0 Å². The Labute approximate surface area is 220 Å². The lowest BCUT2D eigenvalue weighted by atomic mass is 10.1. The van der Waals surface area contributed by atoms with Gasteiger partial charge < -0.3 is 4.74 Å². The number of nitro benzene ring substituents is 1. The number of morpholine rings is 1. The molecule has 1 fully saturated rings. The second-order valence-corrected chi connectivity index (χ2v) is 11.5. The van der Waals surface area contributed by atoms with Gasteiger partial charge in [-0.2, -0.15) is 20.7 Å². The number of aromatic nitrogens is 1. The monoisotopic (exact) mass is 555 g/mol. The zero-order chi connectivity index (χ0) is 25.8. The summed E-state index contributed by atoms with van der Waals surface area (Å²) >= 11 is 2.91. The van der Waals surface area contributed by atoms with E-state index in [0.717, 1.165) is 16.8 Å². The molecule has 4 aromatic rings. The molecule has 190 valence electrons. The maximum atomic E-state index is 12.9. The van der Waals surface area contributed by atoms with E-state index in [1.165, 1.54) is 27.8 Å². The van der Waals surface area contributed by atoms with Crippen LogP contribution in [0.5, 0.6) is 0 Å². The number of non-ortho nitro benzene ring substituents is 1. The van der Waals surface area contributed by atoms with Crippen LogP contribution in [0, 0.1) is 10.1 Å². The van der Waals surface area contributed by atoms with E-state index in [0.29, 0.717) is 36.8 Å². The number of thiazole rings is 1. The molecule has 0 unspecified atom stereocenters. The van der Waals surface area contributed by atoms with Gasteiger partial charge in [-0.15, -0.1) is 11.3 Å². The van der Waals surface area contributed by atoms with E-state index in [-0.39, 0.29) is 10.6 Å². The van der Waals surface area contributed by atoms with Gasteiger partial charge in [0, 0.05) is 41.7 Å². The topological polar surface area (TPSA) is 119 Å². The standard InChI is InChI=1S/C24H21N5O5S3/c30-29(31)21-5-1-19(2-6-21)23-17-36-24(28(23)25-15-18-9-14-35-16-18)26-20-3-7-22(8-4-20)37(32,33)27-10-12-34-13-11-27/h1-9,14-17H,10-13H2. The maximum absolute atomic E-state index is 12.9. The average Bonchev–Trinajstić information content (AvgIpc) is 3.58. The minimum atomic E-state index is -3.60. The van der Waals surface area contributed by atoms with E-state index in [1.54, 1.807) is 58.6 Å². The molecule has 0 amide bonds. The average molecular weight is 556 g/mol. The molecule has 2 aromatic carbocycles.